The Morgan fingerprint density at radius 3 is 2.45 bits per heavy atom. The molecule has 2 heteroatoms. The number of rotatable bonds is 9. The van der Waals surface area contributed by atoms with Crippen molar-refractivity contribution < 1.29 is 9.47 Å². The molecule has 112 valence electrons. The van der Waals surface area contributed by atoms with Crippen LogP contribution in [0.4, 0.5) is 0 Å². The van der Waals surface area contributed by atoms with Crippen LogP contribution in [-0.2, 0) is 11.3 Å². The smallest absolute Gasteiger partial charge is 0.118 e. The van der Waals surface area contributed by atoms with Crippen molar-refractivity contribution in [2.45, 2.75) is 40.2 Å². The summed E-state index contributed by atoms with van der Waals surface area (Å²) in [6, 6.07) is 8.05. The first-order chi connectivity index (χ1) is 9.65. The second kappa shape index (κ2) is 9.60. The Kier molecular flexibility index (Phi) is 8.05. The number of hydrogen-bond donors (Lipinski definition) is 0. The number of hydrogen-bond acceptors (Lipinski definition) is 2. The fourth-order valence-electron chi connectivity index (χ4n) is 2.25. The van der Waals surface area contributed by atoms with Crippen molar-refractivity contribution in [1.82, 2.24) is 0 Å². The van der Waals surface area contributed by atoms with Crippen LogP contribution in [-0.4, -0.2) is 13.7 Å². The van der Waals surface area contributed by atoms with Gasteiger partial charge >= 0.3 is 0 Å². The zero-order valence-corrected chi connectivity index (χ0v) is 13.3. The van der Waals surface area contributed by atoms with Crippen LogP contribution in [0.3, 0.4) is 0 Å². The van der Waals surface area contributed by atoms with E-state index in [1.807, 2.05) is 12.1 Å². The van der Waals surface area contributed by atoms with E-state index in [0.29, 0.717) is 18.4 Å². The number of allylic oxidation sites excluding steroid dienone is 2. The third-order valence-corrected chi connectivity index (χ3v) is 3.30. The zero-order chi connectivity index (χ0) is 14.8. The third kappa shape index (κ3) is 6.76. The highest BCUT2D eigenvalue weighted by Crippen LogP contribution is 2.15. The largest absolute Gasteiger partial charge is 0.497 e. The molecule has 0 N–H and O–H groups in total. The lowest BCUT2D eigenvalue weighted by Crippen LogP contribution is -2.09. The second-order valence-electron chi connectivity index (χ2n) is 5.52. The number of ether oxygens (including phenoxy) is 2. The normalized spacial score (nSPS) is 14.4. The van der Waals surface area contributed by atoms with Gasteiger partial charge in [0.15, 0.2) is 0 Å². The molecule has 0 bridgehead atoms. The summed E-state index contributed by atoms with van der Waals surface area (Å²) in [5, 5.41) is 0. The quantitative estimate of drug-likeness (QED) is 0.601. The summed E-state index contributed by atoms with van der Waals surface area (Å²) in [7, 11) is 1.68. The predicted octanol–water partition coefficient (Wildman–Crippen LogP) is 4.84. The summed E-state index contributed by atoms with van der Waals surface area (Å²) in [6.07, 6.45) is 6.85. The minimum Gasteiger partial charge on any atom is -0.497 e. The molecule has 0 amide bonds. The van der Waals surface area contributed by atoms with Crippen LogP contribution in [0, 0.1) is 11.8 Å². The Morgan fingerprint density at radius 1 is 1.15 bits per heavy atom. The van der Waals surface area contributed by atoms with Gasteiger partial charge in [0.1, 0.15) is 5.75 Å². The maximum atomic E-state index is 5.80. The Hall–Kier alpha value is -1.28. The Labute approximate surface area is 123 Å². The summed E-state index contributed by atoms with van der Waals surface area (Å²) in [5.41, 5.74) is 1.19. The van der Waals surface area contributed by atoms with E-state index in [9.17, 15) is 0 Å². The molecular weight excluding hydrogens is 248 g/mol. The first kappa shape index (κ1) is 16.8. The minimum atomic E-state index is 0.588. The van der Waals surface area contributed by atoms with Crippen molar-refractivity contribution in [3.63, 3.8) is 0 Å². The molecule has 0 radical (unpaired) electrons. The summed E-state index contributed by atoms with van der Waals surface area (Å²) in [5.74, 6) is 2.11. The van der Waals surface area contributed by atoms with Crippen LogP contribution >= 0.6 is 0 Å². The molecule has 0 unspecified atom stereocenters. The Bertz CT molecular complexity index is 381. The molecular formula is C18H28O2. The van der Waals surface area contributed by atoms with Gasteiger partial charge in [-0.25, -0.2) is 0 Å². The maximum absolute atomic E-state index is 5.80. The monoisotopic (exact) mass is 276 g/mol. The van der Waals surface area contributed by atoms with E-state index < -0.39 is 0 Å². The highest BCUT2D eigenvalue weighted by atomic mass is 16.5. The van der Waals surface area contributed by atoms with E-state index in [1.54, 1.807) is 7.11 Å². The lowest BCUT2D eigenvalue weighted by Gasteiger charge is -2.15. The van der Waals surface area contributed by atoms with Crippen LogP contribution in [0.1, 0.15) is 39.2 Å². The van der Waals surface area contributed by atoms with Gasteiger partial charge in [-0.05, 0) is 42.4 Å². The Morgan fingerprint density at radius 2 is 1.85 bits per heavy atom. The van der Waals surface area contributed by atoms with Crippen LogP contribution in [0.2, 0.25) is 0 Å². The minimum absolute atomic E-state index is 0.588. The molecule has 0 aliphatic rings. The first-order valence-electron chi connectivity index (χ1n) is 7.53. The third-order valence-electron chi connectivity index (χ3n) is 3.30. The van der Waals surface area contributed by atoms with Crippen LogP contribution in [0.15, 0.2) is 36.4 Å². The molecule has 0 aliphatic carbocycles. The molecule has 0 saturated heterocycles. The standard InChI is InChI=1S/C18H28O2/c1-5-6-7-15(2)12-16(3)13-20-14-17-8-10-18(19-4)11-9-17/h6-11,15-16H,5,12-14H2,1-4H3/b7-6+/t15-,16+/m0/s1. The van der Waals surface area contributed by atoms with Crippen LogP contribution in [0.5, 0.6) is 5.75 Å². The predicted molar refractivity (Wildman–Crippen MR) is 85.0 cm³/mol. The molecule has 0 fully saturated rings. The molecule has 0 spiro atoms. The van der Waals surface area contributed by atoms with Gasteiger partial charge < -0.3 is 9.47 Å². The average molecular weight is 276 g/mol. The highest BCUT2D eigenvalue weighted by molar-refractivity contribution is 5.26. The Balaban J connectivity index is 2.23. The van der Waals surface area contributed by atoms with Crippen molar-refractivity contribution in [2.75, 3.05) is 13.7 Å². The van der Waals surface area contributed by atoms with Gasteiger partial charge in [0.2, 0.25) is 0 Å². The van der Waals surface area contributed by atoms with Crippen molar-refractivity contribution >= 4 is 0 Å². The summed E-state index contributed by atoms with van der Waals surface area (Å²) in [6.45, 7) is 8.19. The molecule has 0 heterocycles. The maximum Gasteiger partial charge on any atom is 0.118 e. The van der Waals surface area contributed by atoms with Gasteiger partial charge in [-0.2, -0.15) is 0 Å². The van der Waals surface area contributed by atoms with E-state index in [2.05, 4.69) is 45.1 Å². The number of benzene rings is 1. The van der Waals surface area contributed by atoms with Crippen molar-refractivity contribution in [3.8, 4) is 5.75 Å². The fourth-order valence-corrected chi connectivity index (χ4v) is 2.25. The molecule has 0 aliphatic heterocycles. The fraction of sp³-hybridized carbons (Fsp3) is 0.556. The molecule has 2 atom stereocenters. The van der Waals surface area contributed by atoms with E-state index in [4.69, 9.17) is 9.47 Å². The topological polar surface area (TPSA) is 18.5 Å². The molecule has 1 rings (SSSR count). The lowest BCUT2D eigenvalue weighted by atomic mass is 9.97. The van der Waals surface area contributed by atoms with Gasteiger partial charge in [0.05, 0.1) is 13.7 Å². The molecule has 2 nitrogen and oxygen atoms in total. The van der Waals surface area contributed by atoms with E-state index in [-0.39, 0.29) is 0 Å². The van der Waals surface area contributed by atoms with Crippen LogP contribution in [0.25, 0.3) is 0 Å². The molecule has 0 aromatic heterocycles. The van der Waals surface area contributed by atoms with Crippen LogP contribution < -0.4 is 4.74 Å². The average Bonchev–Trinajstić information content (AvgIpc) is 2.45. The van der Waals surface area contributed by atoms with Crippen molar-refractivity contribution in [1.29, 1.82) is 0 Å². The van der Waals surface area contributed by atoms with E-state index in [0.717, 1.165) is 18.8 Å². The lowest BCUT2D eigenvalue weighted by molar-refractivity contribution is 0.0867. The van der Waals surface area contributed by atoms with Crippen molar-refractivity contribution in [3.05, 3.63) is 42.0 Å². The van der Waals surface area contributed by atoms with Gasteiger partial charge in [0.25, 0.3) is 0 Å². The van der Waals surface area contributed by atoms with E-state index in [1.165, 1.54) is 12.0 Å². The summed E-state index contributed by atoms with van der Waals surface area (Å²) in [4.78, 5) is 0. The van der Waals surface area contributed by atoms with Gasteiger partial charge in [-0.3, -0.25) is 0 Å². The molecule has 1 aromatic rings. The number of methoxy groups -OCH3 is 1. The van der Waals surface area contributed by atoms with Crippen molar-refractivity contribution in [2.24, 2.45) is 11.8 Å². The van der Waals surface area contributed by atoms with Gasteiger partial charge in [-0.15, -0.1) is 0 Å². The second-order valence-corrected chi connectivity index (χ2v) is 5.52. The molecule has 0 saturated carbocycles. The van der Waals surface area contributed by atoms with Gasteiger partial charge in [0, 0.05) is 6.61 Å². The summed E-state index contributed by atoms with van der Waals surface area (Å²) < 4.78 is 10.9. The molecule has 20 heavy (non-hydrogen) atoms. The van der Waals surface area contributed by atoms with E-state index >= 15 is 0 Å². The summed E-state index contributed by atoms with van der Waals surface area (Å²) >= 11 is 0. The van der Waals surface area contributed by atoms with Gasteiger partial charge in [-0.1, -0.05) is 45.1 Å². The molecule has 1 aromatic carbocycles. The first-order valence-corrected chi connectivity index (χ1v) is 7.53. The zero-order valence-electron chi connectivity index (χ0n) is 13.3. The SMILES string of the molecule is CC/C=C/[C@H](C)C[C@@H](C)COCc1ccc(OC)cc1. The highest BCUT2D eigenvalue weighted by Gasteiger charge is 2.06.